The van der Waals surface area contributed by atoms with Crippen LogP contribution in [-0.4, -0.2) is 17.7 Å². The summed E-state index contributed by atoms with van der Waals surface area (Å²) in [7, 11) is 0. The fourth-order valence-electron chi connectivity index (χ4n) is 1.32. The van der Waals surface area contributed by atoms with Crippen molar-refractivity contribution in [3.8, 4) is 0 Å². The molecule has 1 aromatic carbocycles. The summed E-state index contributed by atoms with van der Waals surface area (Å²) in [6, 6.07) is 2.94. The largest absolute Gasteiger partial charge is 0.462 e. The highest BCUT2D eigenvalue weighted by Crippen LogP contribution is 2.32. The molecule has 1 N–H and O–H groups in total. The molecule has 1 aromatic rings. The number of hydrogen-bond acceptors (Lipinski definition) is 3. The van der Waals surface area contributed by atoms with Gasteiger partial charge in [0.15, 0.2) is 0 Å². The van der Waals surface area contributed by atoms with Gasteiger partial charge in [-0.2, -0.15) is 13.2 Å². The molecule has 0 aliphatic carbocycles. The second-order valence-corrected chi connectivity index (χ2v) is 3.25. The Kier molecular flexibility index (Phi) is 4.11. The van der Waals surface area contributed by atoms with E-state index in [-0.39, 0.29) is 17.7 Å². The van der Waals surface area contributed by atoms with Crippen molar-refractivity contribution in [2.45, 2.75) is 19.7 Å². The number of hydrogen-bond donors (Lipinski definition) is 1. The van der Waals surface area contributed by atoms with E-state index in [1.54, 1.807) is 6.92 Å². The fraction of sp³-hybridized carbons (Fsp3) is 0.364. The van der Waals surface area contributed by atoms with Crippen LogP contribution in [0.3, 0.4) is 0 Å². The molecule has 0 bridgehead atoms. The van der Waals surface area contributed by atoms with E-state index in [1.165, 1.54) is 6.07 Å². The highest BCUT2D eigenvalue weighted by molar-refractivity contribution is 5.89. The van der Waals surface area contributed by atoms with Crippen molar-refractivity contribution >= 4 is 5.97 Å². The molecular weight excluding hydrogens is 237 g/mol. The van der Waals surface area contributed by atoms with Crippen LogP contribution in [-0.2, 0) is 17.5 Å². The summed E-state index contributed by atoms with van der Waals surface area (Å²) in [6.07, 6.45) is -4.61. The van der Waals surface area contributed by atoms with Crippen LogP contribution in [0.15, 0.2) is 18.2 Å². The summed E-state index contributed by atoms with van der Waals surface area (Å²) in [6.45, 7) is 0.907. The maximum Gasteiger partial charge on any atom is 0.416 e. The first-order valence-corrected chi connectivity index (χ1v) is 4.88. The molecule has 94 valence electrons. The number of benzene rings is 1. The van der Waals surface area contributed by atoms with Crippen molar-refractivity contribution in [3.05, 3.63) is 34.9 Å². The number of rotatable bonds is 3. The molecule has 0 spiro atoms. The predicted octanol–water partition coefficient (Wildman–Crippen LogP) is 2.37. The van der Waals surface area contributed by atoms with Gasteiger partial charge in [0.25, 0.3) is 0 Å². The molecule has 0 unspecified atom stereocenters. The smallest absolute Gasteiger partial charge is 0.416 e. The highest BCUT2D eigenvalue weighted by Gasteiger charge is 2.33. The predicted molar refractivity (Wildman–Crippen MR) is 53.3 cm³/mol. The lowest BCUT2D eigenvalue weighted by Gasteiger charge is -2.12. The van der Waals surface area contributed by atoms with Gasteiger partial charge in [-0.05, 0) is 24.6 Å². The molecule has 0 heterocycles. The van der Waals surface area contributed by atoms with Crippen LogP contribution in [0.4, 0.5) is 13.2 Å². The van der Waals surface area contributed by atoms with E-state index >= 15 is 0 Å². The summed E-state index contributed by atoms with van der Waals surface area (Å²) >= 11 is 0. The minimum absolute atomic E-state index is 0.0853. The molecule has 6 heteroatoms. The minimum atomic E-state index is -4.61. The molecule has 0 saturated carbocycles. The van der Waals surface area contributed by atoms with Crippen LogP contribution >= 0.6 is 0 Å². The molecule has 3 nitrogen and oxygen atoms in total. The van der Waals surface area contributed by atoms with Gasteiger partial charge in [-0.1, -0.05) is 6.07 Å². The van der Waals surface area contributed by atoms with Gasteiger partial charge < -0.3 is 9.84 Å². The SMILES string of the molecule is CCOC(=O)c1ccc(CO)c(C(F)(F)F)c1. The van der Waals surface area contributed by atoms with Crippen LogP contribution in [0.2, 0.25) is 0 Å². The standard InChI is InChI=1S/C11H11F3O3/c1-2-17-10(16)7-3-4-8(6-15)9(5-7)11(12,13)14/h3-5,15H,2,6H2,1H3. The lowest BCUT2D eigenvalue weighted by molar-refractivity contribution is -0.138. The molecule has 0 fully saturated rings. The average molecular weight is 248 g/mol. The topological polar surface area (TPSA) is 46.5 Å². The molecule has 0 radical (unpaired) electrons. The molecular formula is C11H11F3O3. The zero-order valence-electron chi connectivity index (χ0n) is 9.04. The summed E-state index contributed by atoms with van der Waals surface area (Å²) < 4.78 is 42.4. The van der Waals surface area contributed by atoms with E-state index in [0.717, 1.165) is 6.07 Å². The lowest BCUT2D eigenvalue weighted by atomic mass is 10.0. The molecule has 0 aliphatic rings. The Morgan fingerprint density at radius 1 is 1.41 bits per heavy atom. The van der Waals surface area contributed by atoms with Crippen LogP contribution < -0.4 is 0 Å². The fourth-order valence-corrected chi connectivity index (χ4v) is 1.32. The Morgan fingerprint density at radius 2 is 2.06 bits per heavy atom. The average Bonchev–Trinajstić information content (AvgIpc) is 2.27. The summed E-state index contributed by atoms with van der Waals surface area (Å²) in [5.74, 6) is -0.817. The zero-order chi connectivity index (χ0) is 13.1. The molecule has 0 saturated heterocycles. The summed E-state index contributed by atoms with van der Waals surface area (Å²) in [4.78, 5) is 11.3. The third-order valence-corrected chi connectivity index (χ3v) is 2.10. The number of ether oxygens (including phenoxy) is 1. The molecule has 1 rings (SSSR count). The Labute approximate surface area is 95.8 Å². The summed E-state index contributed by atoms with van der Waals surface area (Å²) in [5, 5.41) is 8.80. The number of halogens is 3. The van der Waals surface area contributed by atoms with Gasteiger partial charge in [-0.25, -0.2) is 4.79 Å². The van der Waals surface area contributed by atoms with Gasteiger partial charge in [0.2, 0.25) is 0 Å². The quantitative estimate of drug-likeness (QED) is 0.835. The number of carbonyl (C=O) groups excluding carboxylic acids is 1. The van der Waals surface area contributed by atoms with Gasteiger partial charge >= 0.3 is 12.1 Å². The van der Waals surface area contributed by atoms with Crippen LogP contribution in [0, 0.1) is 0 Å². The molecule has 0 amide bonds. The Balaban J connectivity index is 3.18. The van der Waals surface area contributed by atoms with Gasteiger partial charge in [0.1, 0.15) is 0 Å². The van der Waals surface area contributed by atoms with E-state index in [0.29, 0.717) is 6.07 Å². The van der Waals surface area contributed by atoms with Gasteiger partial charge in [0, 0.05) is 0 Å². The second-order valence-electron chi connectivity index (χ2n) is 3.25. The number of carbonyl (C=O) groups is 1. The minimum Gasteiger partial charge on any atom is -0.462 e. The van der Waals surface area contributed by atoms with E-state index in [9.17, 15) is 18.0 Å². The summed E-state index contributed by atoms with van der Waals surface area (Å²) in [5.41, 5.74) is -1.48. The van der Waals surface area contributed by atoms with Crippen molar-refractivity contribution in [1.82, 2.24) is 0 Å². The monoisotopic (exact) mass is 248 g/mol. The van der Waals surface area contributed by atoms with Crippen molar-refractivity contribution < 1.29 is 27.8 Å². The Hall–Kier alpha value is -1.56. The molecule has 17 heavy (non-hydrogen) atoms. The Bertz CT molecular complexity index is 413. The number of aliphatic hydroxyl groups excluding tert-OH is 1. The van der Waals surface area contributed by atoms with Gasteiger partial charge in [0.05, 0.1) is 24.3 Å². The zero-order valence-corrected chi connectivity index (χ0v) is 9.04. The van der Waals surface area contributed by atoms with Crippen molar-refractivity contribution in [2.75, 3.05) is 6.61 Å². The molecule has 0 atom stereocenters. The first kappa shape index (κ1) is 13.5. The Morgan fingerprint density at radius 3 is 2.53 bits per heavy atom. The van der Waals surface area contributed by atoms with Crippen LogP contribution in [0.5, 0.6) is 0 Å². The normalized spacial score (nSPS) is 11.4. The number of esters is 1. The highest BCUT2D eigenvalue weighted by atomic mass is 19.4. The van der Waals surface area contributed by atoms with Crippen molar-refractivity contribution in [2.24, 2.45) is 0 Å². The first-order chi connectivity index (χ1) is 7.90. The molecule has 0 aromatic heterocycles. The molecule has 0 aliphatic heterocycles. The lowest BCUT2D eigenvalue weighted by Crippen LogP contribution is -2.12. The first-order valence-electron chi connectivity index (χ1n) is 4.88. The number of alkyl halides is 3. The van der Waals surface area contributed by atoms with Gasteiger partial charge in [-0.15, -0.1) is 0 Å². The van der Waals surface area contributed by atoms with E-state index in [4.69, 9.17) is 5.11 Å². The van der Waals surface area contributed by atoms with E-state index in [2.05, 4.69) is 4.74 Å². The second kappa shape index (κ2) is 5.18. The maximum atomic E-state index is 12.6. The van der Waals surface area contributed by atoms with E-state index in [1.807, 2.05) is 0 Å². The van der Waals surface area contributed by atoms with Gasteiger partial charge in [-0.3, -0.25) is 0 Å². The van der Waals surface area contributed by atoms with Crippen LogP contribution in [0.1, 0.15) is 28.4 Å². The van der Waals surface area contributed by atoms with E-state index < -0.39 is 24.3 Å². The maximum absolute atomic E-state index is 12.6. The van der Waals surface area contributed by atoms with Crippen molar-refractivity contribution in [3.63, 3.8) is 0 Å². The number of aliphatic hydroxyl groups is 1. The third-order valence-electron chi connectivity index (χ3n) is 2.10. The van der Waals surface area contributed by atoms with Crippen LogP contribution in [0.25, 0.3) is 0 Å². The third kappa shape index (κ3) is 3.20. The van der Waals surface area contributed by atoms with Crippen molar-refractivity contribution in [1.29, 1.82) is 0 Å².